The van der Waals surface area contributed by atoms with Crippen LogP contribution >= 0.6 is 0 Å². The summed E-state index contributed by atoms with van der Waals surface area (Å²) >= 11 is 0. The van der Waals surface area contributed by atoms with Crippen LogP contribution in [0.2, 0.25) is 0 Å². The topological polar surface area (TPSA) is 118 Å². The summed E-state index contributed by atoms with van der Waals surface area (Å²) in [6, 6.07) is 12.7. The molecule has 8 heteroatoms. The molecule has 0 saturated heterocycles. The third-order valence-corrected chi connectivity index (χ3v) is 3.59. The summed E-state index contributed by atoms with van der Waals surface area (Å²) in [5.74, 6) is 0.0918. The molecule has 0 aliphatic heterocycles. The van der Waals surface area contributed by atoms with E-state index in [0.29, 0.717) is 22.4 Å². The van der Waals surface area contributed by atoms with Gasteiger partial charge in [-0.1, -0.05) is 18.2 Å². The predicted octanol–water partition coefficient (Wildman–Crippen LogP) is 2.40. The number of benzene rings is 2. The number of amides is 1. The minimum Gasteiger partial charge on any atom is -0.326 e. The van der Waals surface area contributed by atoms with Gasteiger partial charge in [-0.2, -0.15) is 0 Å². The molecule has 2 N–H and O–H groups in total. The molecular formula is C17H14N4O4. The lowest BCUT2D eigenvalue weighted by atomic mass is 10.2. The minimum absolute atomic E-state index is 0.0873. The fourth-order valence-electron chi connectivity index (χ4n) is 2.41. The van der Waals surface area contributed by atoms with Crippen LogP contribution in [-0.4, -0.2) is 20.8 Å². The third kappa shape index (κ3) is 3.86. The summed E-state index contributed by atoms with van der Waals surface area (Å²) in [7, 11) is 0. The van der Waals surface area contributed by atoms with Gasteiger partial charge in [-0.25, -0.2) is 4.98 Å². The Bertz CT molecular complexity index is 1010. The first-order valence-corrected chi connectivity index (χ1v) is 7.55. The SMILES string of the molecule is O=C(CCc1nc2ccccc2c(=O)[nH]1)Nc1cccc([N+](=O)[O-])c1. The summed E-state index contributed by atoms with van der Waals surface area (Å²) in [4.78, 5) is 41.2. The molecule has 0 saturated carbocycles. The second-order valence-corrected chi connectivity index (χ2v) is 5.39. The van der Waals surface area contributed by atoms with Crippen molar-refractivity contribution >= 4 is 28.2 Å². The number of hydrogen-bond donors (Lipinski definition) is 2. The molecule has 0 radical (unpaired) electrons. The smallest absolute Gasteiger partial charge is 0.271 e. The van der Waals surface area contributed by atoms with Crippen LogP contribution in [0.4, 0.5) is 11.4 Å². The van der Waals surface area contributed by atoms with E-state index in [4.69, 9.17) is 0 Å². The molecular weight excluding hydrogens is 324 g/mol. The largest absolute Gasteiger partial charge is 0.326 e. The Morgan fingerprint density at radius 2 is 2.00 bits per heavy atom. The quantitative estimate of drug-likeness (QED) is 0.547. The summed E-state index contributed by atoms with van der Waals surface area (Å²) in [6.07, 6.45) is 0.338. The summed E-state index contributed by atoms with van der Waals surface area (Å²) in [5, 5.41) is 13.8. The predicted molar refractivity (Wildman–Crippen MR) is 92.4 cm³/mol. The van der Waals surface area contributed by atoms with Gasteiger partial charge in [0, 0.05) is 30.7 Å². The number of aryl methyl sites for hydroxylation is 1. The lowest BCUT2D eigenvalue weighted by Gasteiger charge is -2.05. The van der Waals surface area contributed by atoms with Gasteiger partial charge in [-0.15, -0.1) is 0 Å². The van der Waals surface area contributed by atoms with E-state index in [1.165, 1.54) is 18.2 Å². The van der Waals surface area contributed by atoms with Crippen molar-refractivity contribution in [2.45, 2.75) is 12.8 Å². The molecule has 0 atom stereocenters. The number of carbonyl (C=O) groups is 1. The van der Waals surface area contributed by atoms with Crippen molar-refractivity contribution in [2.24, 2.45) is 0 Å². The number of aromatic amines is 1. The molecule has 3 rings (SSSR count). The Balaban J connectivity index is 1.67. The molecule has 0 fully saturated rings. The van der Waals surface area contributed by atoms with Crippen LogP contribution < -0.4 is 10.9 Å². The summed E-state index contributed by atoms with van der Waals surface area (Å²) in [6.45, 7) is 0. The number of nitrogens with one attached hydrogen (secondary N) is 2. The van der Waals surface area contributed by atoms with E-state index in [2.05, 4.69) is 15.3 Å². The minimum atomic E-state index is -0.528. The molecule has 8 nitrogen and oxygen atoms in total. The summed E-state index contributed by atoms with van der Waals surface area (Å²) in [5.41, 5.74) is 0.567. The van der Waals surface area contributed by atoms with Gasteiger partial charge in [-0.05, 0) is 18.2 Å². The number of anilines is 1. The zero-order chi connectivity index (χ0) is 17.8. The van der Waals surface area contributed by atoms with Gasteiger partial charge in [0.25, 0.3) is 11.2 Å². The normalized spacial score (nSPS) is 10.6. The first-order valence-electron chi connectivity index (χ1n) is 7.55. The van der Waals surface area contributed by atoms with Gasteiger partial charge in [0.15, 0.2) is 0 Å². The van der Waals surface area contributed by atoms with Crippen LogP contribution in [0, 0.1) is 10.1 Å². The molecule has 1 amide bonds. The molecule has 1 heterocycles. The van der Waals surface area contributed by atoms with Crippen molar-refractivity contribution in [3.8, 4) is 0 Å². The number of rotatable bonds is 5. The Labute approximate surface area is 141 Å². The Hall–Kier alpha value is -3.55. The van der Waals surface area contributed by atoms with Gasteiger partial charge < -0.3 is 10.3 Å². The van der Waals surface area contributed by atoms with Crippen LogP contribution in [0.3, 0.4) is 0 Å². The van der Waals surface area contributed by atoms with Crippen molar-refractivity contribution in [3.63, 3.8) is 0 Å². The number of H-pyrrole nitrogens is 1. The van der Waals surface area contributed by atoms with Gasteiger partial charge >= 0.3 is 0 Å². The van der Waals surface area contributed by atoms with Crippen molar-refractivity contribution in [1.29, 1.82) is 0 Å². The van der Waals surface area contributed by atoms with Gasteiger partial charge in [0.05, 0.1) is 15.8 Å². The van der Waals surface area contributed by atoms with Crippen molar-refractivity contribution in [3.05, 3.63) is 74.8 Å². The number of nitro benzene ring substituents is 1. The van der Waals surface area contributed by atoms with E-state index < -0.39 is 4.92 Å². The molecule has 1 aromatic heterocycles. The maximum Gasteiger partial charge on any atom is 0.271 e. The second-order valence-electron chi connectivity index (χ2n) is 5.39. The number of nitrogens with zero attached hydrogens (tertiary/aromatic N) is 2. The molecule has 0 aliphatic rings. The van der Waals surface area contributed by atoms with E-state index in [9.17, 15) is 19.7 Å². The van der Waals surface area contributed by atoms with Crippen LogP contribution in [0.1, 0.15) is 12.2 Å². The Kier molecular flexibility index (Phi) is 4.51. The van der Waals surface area contributed by atoms with Crippen LogP contribution in [0.25, 0.3) is 10.9 Å². The first-order chi connectivity index (χ1) is 12.0. The number of carbonyl (C=O) groups excluding carboxylic acids is 1. The molecule has 25 heavy (non-hydrogen) atoms. The van der Waals surface area contributed by atoms with Crippen molar-refractivity contribution in [2.75, 3.05) is 5.32 Å². The zero-order valence-electron chi connectivity index (χ0n) is 13.1. The average Bonchev–Trinajstić information content (AvgIpc) is 2.60. The highest BCUT2D eigenvalue weighted by atomic mass is 16.6. The third-order valence-electron chi connectivity index (χ3n) is 3.59. The highest BCUT2D eigenvalue weighted by molar-refractivity contribution is 5.91. The van der Waals surface area contributed by atoms with Crippen LogP contribution in [-0.2, 0) is 11.2 Å². The van der Waals surface area contributed by atoms with E-state index >= 15 is 0 Å². The number of fused-ring (bicyclic) bond motifs is 1. The first kappa shape index (κ1) is 16.3. The fourth-order valence-corrected chi connectivity index (χ4v) is 2.41. The zero-order valence-corrected chi connectivity index (χ0v) is 13.1. The molecule has 0 bridgehead atoms. The number of nitro groups is 1. The monoisotopic (exact) mass is 338 g/mol. The number of hydrogen-bond acceptors (Lipinski definition) is 5. The lowest BCUT2D eigenvalue weighted by molar-refractivity contribution is -0.384. The van der Waals surface area contributed by atoms with Crippen LogP contribution in [0.15, 0.2) is 53.3 Å². The van der Waals surface area contributed by atoms with E-state index in [0.717, 1.165) is 0 Å². The van der Waals surface area contributed by atoms with Gasteiger partial charge in [-0.3, -0.25) is 19.7 Å². The van der Waals surface area contributed by atoms with Gasteiger partial charge in [0.2, 0.25) is 5.91 Å². The van der Waals surface area contributed by atoms with Crippen molar-refractivity contribution < 1.29 is 9.72 Å². The highest BCUT2D eigenvalue weighted by Gasteiger charge is 2.10. The highest BCUT2D eigenvalue weighted by Crippen LogP contribution is 2.17. The van der Waals surface area contributed by atoms with Gasteiger partial charge in [0.1, 0.15) is 5.82 Å². The van der Waals surface area contributed by atoms with E-state index in [1.54, 1.807) is 30.3 Å². The standard InChI is InChI=1S/C17H14N4O4/c22-16(18-11-4-3-5-12(10-11)21(24)25)9-8-15-19-14-7-2-1-6-13(14)17(23)20-15/h1-7,10H,8-9H2,(H,18,22)(H,19,20,23). The van der Waals surface area contributed by atoms with E-state index in [1.807, 2.05) is 0 Å². The Morgan fingerprint density at radius 1 is 1.20 bits per heavy atom. The second kappa shape index (κ2) is 6.91. The summed E-state index contributed by atoms with van der Waals surface area (Å²) < 4.78 is 0. The maximum atomic E-state index is 12.0. The molecule has 2 aromatic carbocycles. The maximum absolute atomic E-state index is 12.0. The molecule has 3 aromatic rings. The lowest BCUT2D eigenvalue weighted by Crippen LogP contribution is -2.16. The molecule has 0 unspecified atom stereocenters. The number of para-hydroxylation sites is 1. The average molecular weight is 338 g/mol. The van der Waals surface area contributed by atoms with Crippen molar-refractivity contribution in [1.82, 2.24) is 9.97 Å². The Morgan fingerprint density at radius 3 is 2.80 bits per heavy atom. The van der Waals surface area contributed by atoms with Crippen LogP contribution in [0.5, 0.6) is 0 Å². The number of aromatic nitrogens is 2. The van der Waals surface area contributed by atoms with E-state index in [-0.39, 0.29) is 30.0 Å². The molecule has 126 valence electrons. The number of non-ortho nitro benzene ring substituents is 1. The fraction of sp³-hybridized carbons (Fsp3) is 0.118. The molecule has 0 aliphatic carbocycles. The molecule has 0 spiro atoms.